The molecule has 1 fully saturated rings. The summed E-state index contributed by atoms with van der Waals surface area (Å²) in [6, 6.07) is 16.0. The van der Waals surface area contributed by atoms with Crippen LogP contribution in [0.1, 0.15) is 5.56 Å². The molecular formula is C19H20N2O4S. The molecule has 0 bridgehead atoms. The second-order valence-corrected chi connectivity index (χ2v) is 6.74. The zero-order chi connectivity index (χ0) is 18.4. The number of rotatable bonds is 5. The lowest BCUT2D eigenvalue weighted by atomic mass is 10.2. The van der Waals surface area contributed by atoms with Gasteiger partial charge in [0.2, 0.25) is 5.91 Å². The fourth-order valence-electron chi connectivity index (χ4n) is 2.54. The van der Waals surface area contributed by atoms with Crippen LogP contribution in [0.3, 0.4) is 0 Å². The van der Waals surface area contributed by atoms with Gasteiger partial charge < -0.3 is 14.8 Å². The second-order valence-electron chi connectivity index (χ2n) is 5.74. The maximum Gasteiger partial charge on any atom is 0.411 e. The average Bonchev–Trinajstić information content (AvgIpc) is 3.17. The molecule has 0 radical (unpaired) electrons. The maximum atomic E-state index is 12.6. The lowest BCUT2D eigenvalue weighted by molar-refractivity contribution is -0.119. The van der Waals surface area contributed by atoms with Crippen molar-refractivity contribution in [2.75, 3.05) is 24.1 Å². The molecule has 0 unspecified atom stereocenters. The van der Waals surface area contributed by atoms with Gasteiger partial charge in [-0.15, -0.1) is 11.8 Å². The average molecular weight is 372 g/mol. The number of nitrogens with zero attached hydrogens (tertiary/aromatic N) is 1. The molecule has 0 aromatic heterocycles. The first-order valence-corrected chi connectivity index (χ1v) is 9.33. The SMILES string of the molecule is COc1ccc(NC(=O)[C@H]2CSCN2C(=O)OCc2ccccc2)cc1. The molecule has 26 heavy (non-hydrogen) atoms. The number of ether oxygens (including phenoxy) is 2. The third-order valence-corrected chi connectivity index (χ3v) is 4.99. The zero-order valence-electron chi connectivity index (χ0n) is 14.4. The normalized spacial score (nSPS) is 16.2. The van der Waals surface area contributed by atoms with Crippen LogP contribution in [0.5, 0.6) is 5.75 Å². The first kappa shape index (κ1) is 18.1. The summed E-state index contributed by atoms with van der Waals surface area (Å²) >= 11 is 1.53. The van der Waals surface area contributed by atoms with E-state index in [1.165, 1.54) is 16.7 Å². The Morgan fingerprint density at radius 2 is 1.88 bits per heavy atom. The largest absolute Gasteiger partial charge is 0.497 e. The molecule has 1 saturated heterocycles. The van der Waals surface area contributed by atoms with Crippen LogP contribution in [-0.4, -0.2) is 41.7 Å². The van der Waals surface area contributed by atoms with Crippen LogP contribution in [0.25, 0.3) is 0 Å². The van der Waals surface area contributed by atoms with E-state index in [0.29, 0.717) is 23.1 Å². The lowest BCUT2D eigenvalue weighted by Gasteiger charge is -2.22. The van der Waals surface area contributed by atoms with Crippen LogP contribution in [0, 0.1) is 0 Å². The molecule has 1 aliphatic heterocycles. The van der Waals surface area contributed by atoms with E-state index in [2.05, 4.69) is 5.32 Å². The Kier molecular flexibility index (Phi) is 6.01. The molecule has 1 heterocycles. The first-order chi connectivity index (χ1) is 12.7. The highest BCUT2D eigenvalue weighted by molar-refractivity contribution is 7.99. The van der Waals surface area contributed by atoms with Crippen molar-refractivity contribution >= 4 is 29.4 Å². The number of thioether (sulfide) groups is 1. The van der Waals surface area contributed by atoms with Crippen molar-refractivity contribution < 1.29 is 19.1 Å². The standard InChI is InChI=1S/C19H20N2O4S/c1-24-16-9-7-15(8-10-16)20-18(22)17-12-26-13-21(17)19(23)25-11-14-5-3-2-4-6-14/h2-10,17H,11-13H2,1H3,(H,20,22)/t17-/m1/s1. The van der Waals surface area contributed by atoms with Gasteiger partial charge in [0.25, 0.3) is 0 Å². The van der Waals surface area contributed by atoms with E-state index in [1.54, 1.807) is 31.4 Å². The van der Waals surface area contributed by atoms with E-state index in [0.717, 1.165) is 5.56 Å². The number of amides is 2. The third-order valence-electron chi connectivity index (χ3n) is 3.98. The minimum atomic E-state index is -0.551. The van der Waals surface area contributed by atoms with Gasteiger partial charge in [0.15, 0.2) is 0 Å². The molecule has 6 nitrogen and oxygen atoms in total. The summed E-state index contributed by atoms with van der Waals surface area (Å²) in [7, 11) is 1.59. The summed E-state index contributed by atoms with van der Waals surface area (Å²) in [5.41, 5.74) is 1.57. The molecular weight excluding hydrogens is 352 g/mol. The Balaban J connectivity index is 1.57. The number of benzene rings is 2. The van der Waals surface area contributed by atoms with Gasteiger partial charge >= 0.3 is 6.09 Å². The predicted octanol–water partition coefficient (Wildman–Crippen LogP) is 3.35. The summed E-state index contributed by atoms with van der Waals surface area (Å²) in [5.74, 6) is 1.47. The van der Waals surface area contributed by atoms with E-state index in [-0.39, 0.29) is 12.5 Å². The fourth-order valence-corrected chi connectivity index (χ4v) is 3.68. The number of nitrogens with one attached hydrogen (secondary N) is 1. The highest BCUT2D eigenvalue weighted by atomic mass is 32.2. The van der Waals surface area contributed by atoms with Crippen LogP contribution in [0.2, 0.25) is 0 Å². The van der Waals surface area contributed by atoms with Gasteiger partial charge in [-0.1, -0.05) is 30.3 Å². The second kappa shape index (κ2) is 8.62. The van der Waals surface area contributed by atoms with Crippen LogP contribution in [0.15, 0.2) is 54.6 Å². The Labute approximate surface area is 156 Å². The number of hydrogen-bond acceptors (Lipinski definition) is 5. The molecule has 2 aromatic rings. The van der Waals surface area contributed by atoms with Crippen molar-refractivity contribution in [3.05, 3.63) is 60.2 Å². The van der Waals surface area contributed by atoms with Gasteiger partial charge in [0, 0.05) is 11.4 Å². The Bertz CT molecular complexity index is 752. The molecule has 0 saturated carbocycles. The quantitative estimate of drug-likeness (QED) is 0.872. The van der Waals surface area contributed by atoms with Crippen molar-refractivity contribution in [3.63, 3.8) is 0 Å². The molecule has 1 N–H and O–H groups in total. The summed E-state index contributed by atoms with van der Waals surface area (Å²) in [5, 5.41) is 2.84. The molecule has 2 aromatic carbocycles. The Hall–Kier alpha value is -2.67. The zero-order valence-corrected chi connectivity index (χ0v) is 15.2. The van der Waals surface area contributed by atoms with Gasteiger partial charge in [-0.25, -0.2) is 4.79 Å². The Morgan fingerprint density at radius 1 is 1.15 bits per heavy atom. The minimum absolute atomic E-state index is 0.188. The smallest absolute Gasteiger partial charge is 0.411 e. The number of hydrogen-bond donors (Lipinski definition) is 1. The first-order valence-electron chi connectivity index (χ1n) is 8.17. The molecule has 1 atom stereocenters. The molecule has 3 rings (SSSR count). The van der Waals surface area contributed by atoms with Crippen molar-refractivity contribution in [2.45, 2.75) is 12.6 Å². The molecule has 1 aliphatic rings. The van der Waals surface area contributed by atoms with E-state index < -0.39 is 12.1 Å². The number of methoxy groups -OCH3 is 1. The topological polar surface area (TPSA) is 67.9 Å². The van der Waals surface area contributed by atoms with Gasteiger partial charge in [-0.2, -0.15) is 0 Å². The van der Waals surface area contributed by atoms with Gasteiger partial charge in [0.1, 0.15) is 18.4 Å². The predicted molar refractivity (Wildman–Crippen MR) is 101 cm³/mol. The maximum absolute atomic E-state index is 12.6. The molecule has 0 spiro atoms. The van der Waals surface area contributed by atoms with Crippen molar-refractivity contribution in [2.24, 2.45) is 0 Å². The summed E-state index contributed by atoms with van der Waals surface area (Å²) in [6.07, 6.45) is -0.478. The van der Waals surface area contributed by atoms with E-state index >= 15 is 0 Å². The number of carbonyl (C=O) groups excluding carboxylic acids is 2. The fraction of sp³-hybridized carbons (Fsp3) is 0.263. The van der Waals surface area contributed by atoms with Crippen LogP contribution < -0.4 is 10.1 Å². The van der Waals surface area contributed by atoms with Crippen molar-refractivity contribution in [1.82, 2.24) is 4.90 Å². The molecule has 136 valence electrons. The molecule has 2 amide bonds. The summed E-state index contributed by atoms with van der Waals surface area (Å²) < 4.78 is 10.5. The van der Waals surface area contributed by atoms with Gasteiger partial charge in [-0.05, 0) is 29.8 Å². The molecule has 0 aliphatic carbocycles. The van der Waals surface area contributed by atoms with E-state index in [9.17, 15) is 9.59 Å². The van der Waals surface area contributed by atoms with Crippen LogP contribution in [-0.2, 0) is 16.1 Å². The van der Waals surface area contributed by atoms with Crippen LogP contribution in [0.4, 0.5) is 10.5 Å². The lowest BCUT2D eigenvalue weighted by Crippen LogP contribution is -2.44. The number of carbonyl (C=O) groups is 2. The van der Waals surface area contributed by atoms with Crippen molar-refractivity contribution in [1.29, 1.82) is 0 Å². The molecule has 7 heteroatoms. The Morgan fingerprint density at radius 3 is 2.58 bits per heavy atom. The highest BCUT2D eigenvalue weighted by Gasteiger charge is 2.35. The highest BCUT2D eigenvalue weighted by Crippen LogP contribution is 2.24. The van der Waals surface area contributed by atoms with Gasteiger partial charge in [0.05, 0.1) is 13.0 Å². The van der Waals surface area contributed by atoms with E-state index in [4.69, 9.17) is 9.47 Å². The number of anilines is 1. The summed E-state index contributed by atoms with van der Waals surface area (Å²) in [6.45, 7) is 0.188. The summed E-state index contributed by atoms with van der Waals surface area (Å²) in [4.78, 5) is 26.4. The van der Waals surface area contributed by atoms with E-state index in [1.807, 2.05) is 30.3 Å². The van der Waals surface area contributed by atoms with Gasteiger partial charge in [-0.3, -0.25) is 9.69 Å². The monoisotopic (exact) mass is 372 g/mol. The minimum Gasteiger partial charge on any atom is -0.497 e. The van der Waals surface area contributed by atoms with Crippen molar-refractivity contribution in [3.8, 4) is 5.75 Å². The van der Waals surface area contributed by atoms with Crippen LogP contribution >= 0.6 is 11.8 Å². The third kappa shape index (κ3) is 4.49.